The van der Waals surface area contributed by atoms with Crippen molar-refractivity contribution in [3.05, 3.63) is 0 Å². The van der Waals surface area contributed by atoms with Crippen LogP contribution in [0.1, 0.15) is 41.5 Å². The number of thioether (sulfide) groups is 2. The number of nitrogens with zero attached hydrogens (tertiary/aromatic N) is 2. The van der Waals surface area contributed by atoms with E-state index in [0.717, 1.165) is 23.5 Å². The highest BCUT2D eigenvalue weighted by Crippen LogP contribution is 2.33. The summed E-state index contributed by atoms with van der Waals surface area (Å²) >= 11 is 2.25. The van der Waals surface area contributed by atoms with Crippen LogP contribution in [0.15, 0.2) is 9.98 Å². The molecule has 2 aliphatic rings. The van der Waals surface area contributed by atoms with Crippen molar-refractivity contribution < 1.29 is 30.8 Å². The van der Waals surface area contributed by atoms with E-state index in [0.29, 0.717) is 13.1 Å². The molecule has 0 aliphatic carbocycles. The third kappa shape index (κ3) is 9.31. The molecule has 0 saturated carbocycles. The molecular formula is C18H38N6O6S2. The lowest BCUT2D eigenvalue weighted by molar-refractivity contribution is -0.121. The molecule has 32 heavy (non-hydrogen) atoms. The second-order valence-corrected chi connectivity index (χ2v) is 12.0. The molecule has 0 aromatic carbocycles. The van der Waals surface area contributed by atoms with Gasteiger partial charge in [0.25, 0.3) is 11.8 Å². The molecule has 2 heterocycles. The Labute approximate surface area is 197 Å². The van der Waals surface area contributed by atoms with Crippen LogP contribution in [0.4, 0.5) is 0 Å². The van der Waals surface area contributed by atoms with Crippen molar-refractivity contribution in [2.45, 2.75) is 62.1 Å². The number of carbonyl (C=O) groups is 2. The van der Waals surface area contributed by atoms with Crippen molar-refractivity contribution in [2.75, 3.05) is 26.3 Å². The fourth-order valence-electron chi connectivity index (χ4n) is 2.29. The second kappa shape index (κ2) is 12.3. The Bertz CT molecular complexity index is 662. The quantitative estimate of drug-likeness (QED) is 0.229. The Hall–Kier alpha value is -1.26. The fourth-order valence-corrected chi connectivity index (χ4v) is 4.03. The van der Waals surface area contributed by atoms with Crippen LogP contribution < -0.4 is 22.1 Å². The van der Waals surface area contributed by atoms with E-state index in [4.69, 9.17) is 11.5 Å². The molecule has 2 amide bonds. The van der Waals surface area contributed by atoms with Crippen molar-refractivity contribution in [3.8, 4) is 0 Å². The summed E-state index contributed by atoms with van der Waals surface area (Å²) in [6.45, 7) is 12.2. The number of hydrogen-bond acceptors (Lipinski definition) is 10. The van der Waals surface area contributed by atoms with Gasteiger partial charge in [0.2, 0.25) is 0 Å². The first-order chi connectivity index (χ1) is 13.6. The van der Waals surface area contributed by atoms with Crippen LogP contribution in [0.25, 0.3) is 0 Å². The largest absolute Gasteiger partial charge is 0.412 e. The Morgan fingerprint density at radius 2 is 1.06 bits per heavy atom. The lowest BCUT2D eigenvalue weighted by Crippen LogP contribution is -2.50. The molecule has 188 valence electrons. The normalized spacial score (nSPS) is 25.2. The van der Waals surface area contributed by atoms with Crippen LogP contribution >= 0.6 is 23.5 Å². The number of nitrogens with one attached hydrogen (secondary N) is 2. The average molecular weight is 499 g/mol. The van der Waals surface area contributed by atoms with Gasteiger partial charge in [0.1, 0.15) is 9.49 Å². The predicted molar refractivity (Wildman–Crippen MR) is 131 cm³/mol. The van der Waals surface area contributed by atoms with Gasteiger partial charge >= 0.3 is 0 Å². The van der Waals surface area contributed by atoms with Gasteiger partial charge in [-0.25, -0.2) is 0 Å². The fraction of sp³-hybridized carbons (Fsp3) is 0.778. The highest BCUT2D eigenvalue weighted by atomic mass is 32.2. The molecule has 2 atom stereocenters. The molecule has 0 aromatic heterocycles. The lowest BCUT2D eigenvalue weighted by atomic mass is 10.1. The minimum absolute atomic E-state index is 0. The number of nitrogens with two attached hydrogens (primary N) is 2. The topological polar surface area (TPSA) is 238 Å². The van der Waals surface area contributed by atoms with E-state index in [9.17, 15) is 19.8 Å². The summed E-state index contributed by atoms with van der Waals surface area (Å²) in [6, 6.07) is 0. The number of rotatable bonds is 6. The zero-order chi connectivity index (χ0) is 23.4. The van der Waals surface area contributed by atoms with Crippen molar-refractivity contribution in [2.24, 2.45) is 21.5 Å². The van der Waals surface area contributed by atoms with Gasteiger partial charge in [-0.3, -0.25) is 9.59 Å². The predicted octanol–water partition coefficient (Wildman–Crippen LogP) is -2.26. The number of carbonyl (C=O) groups excluding carboxylic acids is 2. The van der Waals surface area contributed by atoms with Gasteiger partial charge in [-0.2, -0.15) is 9.98 Å². The Balaban J connectivity index is 0. The van der Waals surface area contributed by atoms with Gasteiger partial charge in [-0.15, -0.1) is 0 Å². The molecule has 2 unspecified atom stereocenters. The van der Waals surface area contributed by atoms with Gasteiger partial charge in [-0.1, -0.05) is 23.5 Å². The molecule has 12 N–H and O–H groups in total. The molecule has 0 saturated heterocycles. The van der Waals surface area contributed by atoms with Gasteiger partial charge in [0.05, 0.1) is 13.2 Å². The number of aliphatic hydroxyl groups is 2. The summed E-state index contributed by atoms with van der Waals surface area (Å²) in [6.07, 6.45) is 0. The van der Waals surface area contributed by atoms with Crippen LogP contribution in [-0.4, -0.2) is 90.2 Å². The first-order valence-electron chi connectivity index (χ1n) is 9.45. The molecular weight excluding hydrogens is 460 g/mol. The number of hydrogen-bond donors (Lipinski definition) is 6. The SMILES string of the molecule is CC(C)(C)NCC1(CO)SC(N)=NC1=O.CC(C)(C)NCC1(CO)SC(N)=NC1=O.O.O. The molecule has 0 bridgehead atoms. The van der Waals surface area contributed by atoms with E-state index in [2.05, 4.69) is 20.6 Å². The lowest BCUT2D eigenvalue weighted by Gasteiger charge is -2.28. The van der Waals surface area contributed by atoms with E-state index in [-0.39, 0.29) is 57.4 Å². The van der Waals surface area contributed by atoms with Crippen molar-refractivity contribution in [1.82, 2.24) is 10.6 Å². The number of aliphatic hydroxyl groups excluding tert-OH is 2. The molecule has 12 nitrogen and oxygen atoms in total. The average Bonchev–Trinajstić information content (AvgIpc) is 3.06. The Morgan fingerprint density at radius 1 is 0.781 bits per heavy atom. The molecule has 14 heteroatoms. The number of aliphatic imine (C=N–C) groups is 2. The summed E-state index contributed by atoms with van der Waals surface area (Å²) in [7, 11) is 0. The molecule has 0 aromatic rings. The summed E-state index contributed by atoms with van der Waals surface area (Å²) in [5.41, 5.74) is 10.7. The summed E-state index contributed by atoms with van der Waals surface area (Å²) in [5, 5.41) is 25.4. The highest BCUT2D eigenvalue weighted by Gasteiger charge is 2.45. The zero-order valence-corrected chi connectivity index (χ0v) is 21.0. The van der Waals surface area contributed by atoms with Crippen molar-refractivity contribution in [1.29, 1.82) is 0 Å². The Kier molecular flexibility index (Phi) is 12.6. The Morgan fingerprint density at radius 3 is 1.22 bits per heavy atom. The minimum Gasteiger partial charge on any atom is -0.412 e. The maximum absolute atomic E-state index is 11.6. The van der Waals surface area contributed by atoms with Crippen LogP contribution in [0.3, 0.4) is 0 Å². The highest BCUT2D eigenvalue weighted by molar-refractivity contribution is 8.16. The van der Waals surface area contributed by atoms with Crippen LogP contribution in [-0.2, 0) is 9.59 Å². The van der Waals surface area contributed by atoms with E-state index < -0.39 is 9.49 Å². The zero-order valence-electron chi connectivity index (χ0n) is 19.4. The first kappa shape index (κ1) is 32.9. The van der Waals surface area contributed by atoms with E-state index in [1.165, 1.54) is 0 Å². The second-order valence-electron chi connectivity index (χ2n) is 9.23. The molecule has 0 radical (unpaired) electrons. The summed E-state index contributed by atoms with van der Waals surface area (Å²) in [4.78, 5) is 30.4. The monoisotopic (exact) mass is 498 g/mol. The maximum Gasteiger partial charge on any atom is 0.268 e. The summed E-state index contributed by atoms with van der Waals surface area (Å²) < 4.78 is -1.87. The molecule has 2 aliphatic heterocycles. The number of amidine groups is 2. The third-order valence-corrected chi connectivity index (χ3v) is 6.40. The van der Waals surface area contributed by atoms with E-state index >= 15 is 0 Å². The van der Waals surface area contributed by atoms with Crippen molar-refractivity contribution >= 4 is 45.7 Å². The molecule has 2 rings (SSSR count). The van der Waals surface area contributed by atoms with Gasteiger partial charge in [0.15, 0.2) is 10.3 Å². The van der Waals surface area contributed by atoms with Crippen LogP contribution in [0.5, 0.6) is 0 Å². The summed E-state index contributed by atoms with van der Waals surface area (Å²) in [5.74, 6) is -0.714. The van der Waals surface area contributed by atoms with E-state index in [1.807, 2.05) is 41.5 Å². The first-order valence-corrected chi connectivity index (χ1v) is 11.1. The maximum atomic E-state index is 11.6. The molecule has 0 spiro atoms. The third-order valence-electron chi connectivity index (χ3n) is 4.12. The van der Waals surface area contributed by atoms with Gasteiger partial charge in [-0.05, 0) is 41.5 Å². The van der Waals surface area contributed by atoms with Crippen LogP contribution in [0.2, 0.25) is 0 Å². The standard InChI is InChI=1S/2C9H17N3O2S.2H2O/c2*1-8(2,3)11-4-9(5-13)6(14)12-7(10)15-9;;/h2*11,13H,4-5H2,1-3H3,(H2,10,12,14);2*1H2. The van der Waals surface area contributed by atoms with Crippen molar-refractivity contribution in [3.63, 3.8) is 0 Å². The number of amides is 2. The van der Waals surface area contributed by atoms with Gasteiger partial charge in [0, 0.05) is 24.2 Å². The van der Waals surface area contributed by atoms with E-state index in [1.54, 1.807) is 0 Å². The smallest absolute Gasteiger partial charge is 0.268 e. The van der Waals surface area contributed by atoms with Crippen LogP contribution in [0, 0.1) is 0 Å². The van der Waals surface area contributed by atoms with Gasteiger partial charge < -0.3 is 43.3 Å². The minimum atomic E-state index is -0.933. The molecule has 0 fully saturated rings.